The van der Waals surface area contributed by atoms with Crippen LogP contribution >= 0.6 is 0 Å². The summed E-state index contributed by atoms with van der Waals surface area (Å²) >= 11 is 0. The number of amides is 1. The molecule has 0 aromatic rings. The number of carbonyl (C=O) groups is 1. The molecule has 0 heterocycles. The Morgan fingerprint density at radius 3 is 2.56 bits per heavy atom. The van der Waals surface area contributed by atoms with Crippen LogP contribution in [0.3, 0.4) is 0 Å². The molecular weight excluding hydrogens is 200 g/mol. The van der Waals surface area contributed by atoms with E-state index < -0.39 is 0 Å². The van der Waals surface area contributed by atoms with Gasteiger partial charge in [-0.2, -0.15) is 0 Å². The Bertz CT molecular complexity index is 232. The summed E-state index contributed by atoms with van der Waals surface area (Å²) in [5.41, 5.74) is 0. The van der Waals surface area contributed by atoms with Crippen molar-refractivity contribution in [1.29, 1.82) is 0 Å². The quantitative estimate of drug-likeness (QED) is 0.721. The van der Waals surface area contributed by atoms with E-state index in [0.29, 0.717) is 12.6 Å². The summed E-state index contributed by atoms with van der Waals surface area (Å²) in [7, 11) is 0. The zero-order valence-electron chi connectivity index (χ0n) is 10.3. The van der Waals surface area contributed by atoms with Crippen LogP contribution in [0.15, 0.2) is 0 Å². The van der Waals surface area contributed by atoms with E-state index in [2.05, 4.69) is 17.6 Å². The molecule has 1 atom stereocenters. The van der Waals surface area contributed by atoms with E-state index >= 15 is 0 Å². The zero-order valence-corrected chi connectivity index (χ0v) is 10.3. The highest BCUT2D eigenvalue weighted by Crippen LogP contribution is 2.35. The first-order valence-electron chi connectivity index (χ1n) is 6.76. The molecule has 0 spiro atoms. The first kappa shape index (κ1) is 11.9. The van der Waals surface area contributed by atoms with E-state index in [1.807, 2.05) is 0 Å². The van der Waals surface area contributed by atoms with Crippen molar-refractivity contribution in [2.45, 2.75) is 51.5 Å². The van der Waals surface area contributed by atoms with E-state index in [1.165, 1.54) is 38.5 Å². The summed E-state index contributed by atoms with van der Waals surface area (Å²) in [5, 5.41) is 6.36. The number of carbonyl (C=O) groups excluding carboxylic acids is 1. The van der Waals surface area contributed by atoms with Crippen molar-refractivity contribution in [2.24, 2.45) is 11.8 Å². The minimum Gasteiger partial charge on any atom is -0.352 e. The number of nitrogens with one attached hydrogen (secondary N) is 2. The monoisotopic (exact) mass is 224 g/mol. The van der Waals surface area contributed by atoms with E-state index in [-0.39, 0.29) is 5.91 Å². The van der Waals surface area contributed by atoms with Gasteiger partial charge < -0.3 is 10.6 Å². The molecule has 0 bridgehead atoms. The summed E-state index contributed by atoms with van der Waals surface area (Å²) in [6, 6.07) is 0.454. The van der Waals surface area contributed by atoms with Gasteiger partial charge in [0.15, 0.2) is 0 Å². The van der Waals surface area contributed by atoms with Crippen LogP contribution in [0.25, 0.3) is 0 Å². The van der Waals surface area contributed by atoms with Crippen LogP contribution in [-0.2, 0) is 4.79 Å². The third kappa shape index (κ3) is 3.78. The summed E-state index contributed by atoms with van der Waals surface area (Å²) in [5.74, 6) is 1.83. The van der Waals surface area contributed by atoms with Crippen molar-refractivity contribution in [3.8, 4) is 0 Å². The van der Waals surface area contributed by atoms with Crippen LogP contribution in [0.1, 0.15) is 45.4 Å². The Hall–Kier alpha value is -0.570. The zero-order chi connectivity index (χ0) is 11.4. The Morgan fingerprint density at radius 2 is 1.94 bits per heavy atom. The first-order chi connectivity index (χ1) is 7.75. The van der Waals surface area contributed by atoms with Crippen molar-refractivity contribution in [3.05, 3.63) is 0 Å². The lowest BCUT2D eigenvalue weighted by atomic mass is 10.1. The Morgan fingerprint density at radius 1 is 1.25 bits per heavy atom. The third-order valence-electron chi connectivity index (χ3n) is 3.90. The molecule has 2 N–H and O–H groups in total. The maximum Gasteiger partial charge on any atom is 0.234 e. The molecule has 2 aliphatic carbocycles. The highest BCUT2D eigenvalue weighted by molar-refractivity contribution is 5.78. The lowest BCUT2D eigenvalue weighted by molar-refractivity contribution is -0.120. The second kappa shape index (κ2) is 5.67. The molecule has 3 nitrogen and oxygen atoms in total. The maximum absolute atomic E-state index is 11.6. The predicted octanol–water partition coefficient (Wildman–Crippen LogP) is 1.68. The molecule has 0 saturated heterocycles. The SMILES string of the molecule is CC(CNCC(=O)NC1CCCC1)C1CC1. The highest BCUT2D eigenvalue weighted by atomic mass is 16.1. The maximum atomic E-state index is 11.6. The molecule has 2 aliphatic rings. The summed E-state index contributed by atoms with van der Waals surface area (Å²) in [4.78, 5) is 11.6. The standard InChI is InChI=1S/C13H24N2O/c1-10(11-6-7-11)8-14-9-13(16)15-12-4-2-3-5-12/h10-12,14H,2-9H2,1H3,(H,15,16). The van der Waals surface area contributed by atoms with Crippen molar-refractivity contribution in [3.63, 3.8) is 0 Å². The van der Waals surface area contributed by atoms with Crippen molar-refractivity contribution < 1.29 is 4.79 Å². The minimum atomic E-state index is 0.176. The van der Waals surface area contributed by atoms with E-state index in [1.54, 1.807) is 0 Å². The highest BCUT2D eigenvalue weighted by Gasteiger charge is 2.27. The summed E-state index contributed by atoms with van der Waals surface area (Å²) < 4.78 is 0. The average Bonchev–Trinajstić information content (AvgIpc) is 2.99. The summed E-state index contributed by atoms with van der Waals surface area (Å²) in [6.07, 6.45) is 7.66. The van der Waals surface area contributed by atoms with Gasteiger partial charge in [-0.05, 0) is 44.1 Å². The van der Waals surface area contributed by atoms with Gasteiger partial charge in [-0.15, -0.1) is 0 Å². The first-order valence-corrected chi connectivity index (χ1v) is 6.76. The molecule has 0 radical (unpaired) electrons. The lowest BCUT2D eigenvalue weighted by Crippen LogP contribution is -2.40. The third-order valence-corrected chi connectivity index (χ3v) is 3.90. The fraction of sp³-hybridized carbons (Fsp3) is 0.923. The molecule has 1 unspecified atom stereocenters. The van der Waals surface area contributed by atoms with Crippen molar-refractivity contribution >= 4 is 5.91 Å². The van der Waals surface area contributed by atoms with Gasteiger partial charge in [0.05, 0.1) is 6.54 Å². The van der Waals surface area contributed by atoms with Crippen LogP contribution in [0.2, 0.25) is 0 Å². The van der Waals surface area contributed by atoms with Gasteiger partial charge in [-0.3, -0.25) is 4.79 Å². The fourth-order valence-corrected chi connectivity index (χ4v) is 2.59. The largest absolute Gasteiger partial charge is 0.352 e. The second-order valence-corrected chi connectivity index (χ2v) is 5.49. The predicted molar refractivity (Wildman–Crippen MR) is 65.2 cm³/mol. The van der Waals surface area contributed by atoms with E-state index in [4.69, 9.17) is 0 Å². The molecule has 2 rings (SSSR count). The second-order valence-electron chi connectivity index (χ2n) is 5.49. The van der Waals surface area contributed by atoms with Crippen LogP contribution in [0.4, 0.5) is 0 Å². The molecule has 2 fully saturated rings. The molecule has 2 saturated carbocycles. The van der Waals surface area contributed by atoms with Crippen molar-refractivity contribution in [2.75, 3.05) is 13.1 Å². The smallest absolute Gasteiger partial charge is 0.234 e. The Kier molecular flexibility index (Phi) is 4.22. The van der Waals surface area contributed by atoms with E-state index in [9.17, 15) is 4.79 Å². The molecule has 92 valence electrons. The molecule has 1 amide bonds. The fourth-order valence-electron chi connectivity index (χ4n) is 2.59. The number of hydrogen-bond donors (Lipinski definition) is 2. The molecule has 3 heteroatoms. The van der Waals surface area contributed by atoms with E-state index in [0.717, 1.165) is 18.4 Å². The van der Waals surface area contributed by atoms with Crippen LogP contribution < -0.4 is 10.6 Å². The normalized spacial score (nSPS) is 23.3. The minimum absolute atomic E-state index is 0.176. The average molecular weight is 224 g/mol. The van der Waals surface area contributed by atoms with Gasteiger partial charge in [0.2, 0.25) is 5.91 Å². The molecule has 0 aromatic carbocycles. The Balaban J connectivity index is 1.52. The van der Waals surface area contributed by atoms with Crippen molar-refractivity contribution in [1.82, 2.24) is 10.6 Å². The van der Waals surface area contributed by atoms with Crippen LogP contribution in [0, 0.1) is 11.8 Å². The molecule has 0 aliphatic heterocycles. The van der Waals surface area contributed by atoms with Gasteiger partial charge in [0, 0.05) is 6.04 Å². The lowest BCUT2D eigenvalue weighted by Gasteiger charge is -2.14. The Labute approximate surface area is 98.4 Å². The van der Waals surface area contributed by atoms with Gasteiger partial charge in [0.1, 0.15) is 0 Å². The number of rotatable bonds is 6. The molecular formula is C13H24N2O. The van der Waals surface area contributed by atoms with Crippen LogP contribution in [-0.4, -0.2) is 25.0 Å². The molecule has 16 heavy (non-hydrogen) atoms. The van der Waals surface area contributed by atoms with Gasteiger partial charge in [-0.1, -0.05) is 19.8 Å². The van der Waals surface area contributed by atoms with Gasteiger partial charge in [-0.25, -0.2) is 0 Å². The molecule has 0 aromatic heterocycles. The van der Waals surface area contributed by atoms with Gasteiger partial charge in [0.25, 0.3) is 0 Å². The topological polar surface area (TPSA) is 41.1 Å². The van der Waals surface area contributed by atoms with Crippen LogP contribution in [0.5, 0.6) is 0 Å². The number of hydrogen-bond acceptors (Lipinski definition) is 2. The van der Waals surface area contributed by atoms with Gasteiger partial charge >= 0.3 is 0 Å². The summed E-state index contributed by atoms with van der Waals surface area (Å²) in [6.45, 7) is 3.76.